The number of rotatable bonds is 8. The van der Waals surface area contributed by atoms with Crippen molar-refractivity contribution in [1.29, 1.82) is 0 Å². The maximum Gasteiger partial charge on any atom is 0.414 e. The van der Waals surface area contributed by atoms with E-state index in [4.69, 9.17) is 14.2 Å². The average Bonchev–Trinajstić information content (AvgIpc) is 2.72. The summed E-state index contributed by atoms with van der Waals surface area (Å²) in [5, 5.41) is 0. The van der Waals surface area contributed by atoms with Crippen molar-refractivity contribution in [3.05, 3.63) is 48.5 Å². The molecule has 2 aromatic rings. The second-order valence-corrected chi connectivity index (χ2v) is 5.98. The maximum absolute atomic E-state index is 12.0. The molecule has 7 nitrogen and oxygen atoms in total. The molecular formula is C22H28N2O5. The number of nitrogens with zero attached hydrogens (tertiary/aromatic N) is 2. The van der Waals surface area contributed by atoms with Crippen LogP contribution in [0.4, 0.5) is 21.0 Å². The average molecular weight is 400 g/mol. The van der Waals surface area contributed by atoms with Gasteiger partial charge >= 0.3 is 12.2 Å². The van der Waals surface area contributed by atoms with Crippen molar-refractivity contribution in [2.75, 3.05) is 36.1 Å². The zero-order valence-electron chi connectivity index (χ0n) is 17.4. The van der Waals surface area contributed by atoms with Gasteiger partial charge in [-0.2, -0.15) is 0 Å². The lowest BCUT2D eigenvalue weighted by Crippen LogP contribution is -2.31. The van der Waals surface area contributed by atoms with Gasteiger partial charge in [-0.1, -0.05) is 0 Å². The van der Waals surface area contributed by atoms with Crippen molar-refractivity contribution < 1.29 is 23.8 Å². The van der Waals surface area contributed by atoms with Gasteiger partial charge in [0.2, 0.25) is 0 Å². The van der Waals surface area contributed by atoms with E-state index in [1.807, 2.05) is 38.1 Å². The highest BCUT2D eigenvalue weighted by atomic mass is 16.6. The molecule has 0 bridgehead atoms. The van der Waals surface area contributed by atoms with Gasteiger partial charge in [-0.3, -0.25) is 9.80 Å². The highest BCUT2D eigenvalue weighted by Crippen LogP contribution is 2.27. The molecule has 0 saturated heterocycles. The first kappa shape index (κ1) is 22.1. The topological polar surface area (TPSA) is 68.3 Å². The molecule has 0 unspecified atom stereocenters. The van der Waals surface area contributed by atoms with Crippen LogP contribution in [0.15, 0.2) is 48.5 Å². The normalized spacial score (nSPS) is 10.2. The quantitative estimate of drug-likeness (QED) is 0.590. The largest absolute Gasteiger partial charge is 0.457 e. The Morgan fingerprint density at radius 1 is 0.655 bits per heavy atom. The summed E-state index contributed by atoms with van der Waals surface area (Å²) in [6.07, 6.45) is -0.748. The van der Waals surface area contributed by atoms with E-state index in [0.717, 1.165) is 11.4 Å². The molecule has 0 aromatic heterocycles. The summed E-state index contributed by atoms with van der Waals surface area (Å²) in [4.78, 5) is 27.1. The Morgan fingerprint density at radius 3 is 1.28 bits per heavy atom. The maximum atomic E-state index is 12.0. The van der Waals surface area contributed by atoms with Crippen LogP contribution in [-0.4, -0.2) is 38.5 Å². The number of carbonyl (C=O) groups is 2. The van der Waals surface area contributed by atoms with E-state index >= 15 is 0 Å². The van der Waals surface area contributed by atoms with Crippen LogP contribution in [-0.2, 0) is 9.47 Å². The minimum atomic E-state index is -0.374. The Labute approximate surface area is 171 Å². The highest BCUT2D eigenvalue weighted by Gasteiger charge is 2.16. The zero-order valence-corrected chi connectivity index (χ0v) is 17.4. The molecule has 0 aliphatic carbocycles. The summed E-state index contributed by atoms with van der Waals surface area (Å²) >= 11 is 0. The monoisotopic (exact) mass is 400 g/mol. The fourth-order valence-electron chi connectivity index (χ4n) is 2.76. The molecule has 0 aliphatic heterocycles. The fourth-order valence-corrected chi connectivity index (χ4v) is 2.76. The van der Waals surface area contributed by atoms with Crippen LogP contribution in [0.2, 0.25) is 0 Å². The first-order valence-electron chi connectivity index (χ1n) is 9.80. The van der Waals surface area contributed by atoms with Crippen LogP contribution < -0.4 is 14.5 Å². The van der Waals surface area contributed by atoms with Gasteiger partial charge in [0.05, 0.1) is 13.2 Å². The molecule has 0 heterocycles. The number of hydrogen-bond donors (Lipinski definition) is 0. The lowest BCUT2D eigenvalue weighted by atomic mass is 10.2. The number of carbonyl (C=O) groups excluding carboxylic acids is 2. The SMILES string of the molecule is CCOC(=O)N(CC)c1ccc(Oc2ccc(N(CC)C(=O)OCC)cc2)cc1. The third kappa shape index (κ3) is 5.88. The van der Waals surface area contributed by atoms with Crippen molar-refractivity contribution in [3.8, 4) is 11.5 Å². The van der Waals surface area contributed by atoms with E-state index < -0.39 is 0 Å². The second kappa shape index (κ2) is 10.9. The smallest absolute Gasteiger partial charge is 0.414 e. The van der Waals surface area contributed by atoms with Crippen molar-refractivity contribution >= 4 is 23.6 Å². The number of anilines is 2. The Morgan fingerprint density at radius 2 is 1.00 bits per heavy atom. The first-order chi connectivity index (χ1) is 14.0. The summed E-state index contributed by atoms with van der Waals surface area (Å²) in [5.74, 6) is 1.28. The molecule has 29 heavy (non-hydrogen) atoms. The third-order valence-electron chi connectivity index (χ3n) is 4.14. The van der Waals surface area contributed by atoms with E-state index in [2.05, 4.69) is 0 Å². The molecule has 156 valence electrons. The predicted octanol–water partition coefficient (Wildman–Crippen LogP) is 5.44. The molecule has 7 heteroatoms. The van der Waals surface area contributed by atoms with E-state index in [-0.39, 0.29) is 12.2 Å². The minimum Gasteiger partial charge on any atom is -0.457 e. The predicted molar refractivity (Wildman–Crippen MR) is 113 cm³/mol. The molecule has 0 N–H and O–H groups in total. The van der Waals surface area contributed by atoms with Crippen LogP contribution in [0.25, 0.3) is 0 Å². The lowest BCUT2D eigenvalue weighted by molar-refractivity contribution is 0.159. The van der Waals surface area contributed by atoms with Crippen molar-refractivity contribution in [3.63, 3.8) is 0 Å². The summed E-state index contributed by atoms with van der Waals surface area (Å²) in [5.41, 5.74) is 1.48. The van der Waals surface area contributed by atoms with Crippen LogP contribution in [0, 0.1) is 0 Å². The van der Waals surface area contributed by atoms with Gasteiger partial charge in [0.1, 0.15) is 11.5 Å². The lowest BCUT2D eigenvalue weighted by Gasteiger charge is -2.21. The van der Waals surface area contributed by atoms with Gasteiger partial charge < -0.3 is 14.2 Å². The van der Waals surface area contributed by atoms with Crippen molar-refractivity contribution in [2.24, 2.45) is 0 Å². The molecule has 0 spiro atoms. The highest BCUT2D eigenvalue weighted by molar-refractivity contribution is 5.88. The van der Waals surface area contributed by atoms with Gasteiger partial charge in [0.15, 0.2) is 0 Å². The Kier molecular flexibility index (Phi) is 8.33. The molecule has 0 radical (unpaired) electrons. The van der Waals surface area contributed by atoms with Gasteiger partial charge in [0.25, 0.3) is 0 Å². The number of ether oxygens (including phenoxy) is 3. The Hall–Kier alpha value is -3.22. The van der Waals surface area contributed by atoms with Crippen LogP contribution in [0.5, 0.6) is 11.5 Å². The van der Waals surface area contributed by atoms with E-state index in [1.54, 1.807) is 47.9 Å². The van der Waals surface area contributed by atoms with Crippen LogP contribution >= 0.6 is 0 Å². The molecule has 0 aliphatic rings. The molecule has 0 fully saturated rings. The molecule has 2 rings (SSSR count). The molecular weight excluding hydrogens is 372 g/mol. The van der Waals surface area contributed by atoms with Crippen molar-refractivity contribution in [2.45, 2.75) is 27.7 Å². The standard InChI is InChI=1S/C22H28N2O5/c1-5-23(21(25)27-7-3)17-9-13-19(14-10-17)29-20-15-11-18(12-16-20)24(6-2)22(26)28-8-4/h9-16H,5-8H2,1-4H3. The first-order valence-corrected chi connectivity index (χ1v) is 9.80. The summed E-state index contributed by atoms with van der Waals surface area (Å²) in [6.45, 7) is 9.01. The number of amides is 2. The molecule has 0 atom stereocenters. The molecule has 2 amide bonds. The Bertz CT molecular complexity index is 722. The zero-order chi connectivity index (χ0) is 21.2. The Balaban J connectivity index is 2.06. The number of hydrogen-bond acceptors (Lipinski definition) is 5. The molecule has 2 aromatic carbocycles. The van der Waals surface area contributed by atoms with Gasteiger partial charge in [-0.05, 0) is 76.2 Å². The third-order valence-corrected chi connectivity index (χ3v) is 4.14. The van der Waals surface area contributed by atoms with E-state index in [9.17, 15) is 9.59 Å². The summed E-state index contributed by atoms with van der Waals surface area (Å²) < 4.78 is 16.0. The van der Waals surface area contributed by atoms with Gasteiger partial charge in [0, 0.05) is 24.5 Å². The summed E-state index contributed by atoms with van der Waals surface area (Å²) in [7, 11) is 0. The fraction of sp³-hybridized carbons (Fsp3) is 0.364. The summed E-state index contributed by atoms with van der Waals surface area (Å²) in [6, 6.07) is 14.4. The molecule has 0 saturated carbocycles. The van der Waals surface area contributed by atoms with Gasteiger partial charge in [-0.25, -0.2) is 9.59 Å². The van der Waals surface area contributed by atoms with Crippen LogP contribution in [0.1, 0.15) is 27.7 Å². The van der Waals surface area contributed by atoms with E-state index in [0.29, 0.717) is 37.8 Å². The minimum absolute atomic E-state index is 0.331. The second-order valence-electron chi connectivity index (χ2n) is 5.98. The number of benzene rings is 2. The van der Waals surface area contributed by atoms with Crippen LogP contribution in [0.3, 0.4) is 0 Å². The van der Waals surface area contributed by atoms with E-state index in [1.165, 1.54) is 0 Å². The van der Waals surface area contributed by atoms with Crippen molar-refractivity contribution in [1.82, 2.24) is 0 Å². The van der Waals surface area contributed by atoms with Gasteiger partial charge in [-0.15, -0.1) is 0 Å².